The number of nitrogens with one attached hydrogen (secondary N) is 2. The second kappa shape index (κ2) is 8.45. The smallest absolute Gasteiger partial charge is 0.274 e. The third kappa shape index (κ3) is 3.99. The highest BCUT2D eigenvalue weighted by molar-refractivity contribution is 6.33. The number of H-pyrrole nitrogens is 1. The molecule has 4 rings (SSSR count). The summed E-state index contributed by atoms with van der Waals surface area (Å²) in [6, 6.07) is 12.7. The molecule has 32 heavy (non-hydrogen) atoms. The van der Waals surface area contributed by atoms with Crippen LogP contribution in [0, 0.1) is 23.0 Å². The van der Waals surface area contributed by atoms with E-state index < -0.39 is 17.5 Å². The van der Waals surface area contributed by atoms with Crippen LogP contribution < -0.4 is 11.1 Å². The maximum Gasteiger partial charge on any atom is 0.274 e. The number of nitrogens with two attached hydrogens (primary N) is 1. The number of amides is 1. The maximum absolute atomic E-state index is 14.2. The predicted molar refractivity (Wildman–Crippen MR) is 116 cm³/mol. The molecule has 0 bridgehead atoms. The summed E-state index contributed by atoms with van der Waals surface area (Å²) in [5.74, 6) is -1.66. The number of aromatic nitrogens is 3. The Kier molecular flexibility index (Phi) is 5.54. The topological polar surface area (TPSA) is 120 Å². The summed E-state index contributed by atoms with van der Waals surface area (Å²) < 4.78 is 27.6. The zero-order valence-electron chi connectivity index (χ0n) is 16.2. The van der Waals surface area contributed by atoms with E-state index >= 15 is 0 Å². The van der Waals surface area contributed by atoms with Crippen molar-refractivity contribution in [2.24, 2.45) is 0 Å². The first-order valence-electron chi connectivity index (χ1n) is 9.14. The minimum Gasteiger partial charge on any atom is -0.397 e. The van der Waals surface area contributed by atoms with Gasteiger partial charge < -0.3 is 16.0 Å². The molecule has 0 atom stereocenters. The van der Waals surface area contributed by atoms with Crippen LogP contribution in [0.5, 0.6) is 0 Å². The minimum absolute atomic E-state index is 0.0313. The number of rotatable bonds is 4. The first-order chi connectivity index (χ1) is 15.4. The fourth-order valence-electron chi connectivity index (χ4n) is 3.00. The molecule has 4 aromatic rings. The highest BCUT2D eigenvalue weighted by Gasteiger charge is 2.19. The summed E-state index contributed by atoms with van der Waals surface area (Å²) in [5.41, 5.74) is 6.83. The molecule has 0 aliphatic carbocycles. The maximum atomic E-state index is 14.2. The number of benzene rings is 2. The van der Waals surface area contributed by atoms with Crippen molar-refractivity contribution in [3.63, 3.8) is 0 Å². The number of anilines is 2. The fraction of sp³-hybridized carbons (Fsp3) is 0. The van der Waals surface area contributed by atoms with Gasteiger partial charge in [0.05, 0.1) is 22.0 Å². The second-order valence-corrected chi connectivity index (χ2v) is 7.04. The van der Waals surface area contributed by atoms with E-state index in [0.717, 1.165) is 6.07 Å². The molecule has 2 heterocycles. The first-order valence-corrected chi connectivity index (χ1v) is 9.52. The van der Waals surface area contributed by atoms with Crippen molar-refractivity contribution in [3.05, 3.63) is 82.8 Å². The standard InChI is InChI=1S/C22H13ClF2N6O/c23-13-2-1-3-14(25)19(13)21-29-18(9-26)20(31-21)11-4-7-16(28-10-11)22(32)30-17-8-12(24)5-6-15(17)27/h1-8,10H,27H2,(H,29,31)(H,30,32). The van der Waals surface area contributed by atoms with Crippen LogP contribution in [-0.2, 0) is 0 Å². The van der Waals surface area contributed by atoms with Gasteiger partial charge in [-0.3, -0.25) is 9.78 Å². The number of nitrogen functional groups attached to an aromatic ring is 1. The summed E-state index contributed by atoms with van der Waals surface area (Å²) in [6.45, 7) is 0. The molecular weight excluding hydrogens is 438 g/mol. The number of carbonyl (C=O) groups excluding carboxylic acids is 1. The van der Waals surface area contributed by atoms with Crippen LogP contribution in [-0.4, -0.2) is 20.9 Å². The molecule has 10 heteroatoms. The van der Waals surface area contributed by atoms with Gasteiger partial charge >= 0.3 is 0 Å². The lowest BCUT2D eigenvalue weighted by molar-refractivity contribution is 0.102. The van der Waals surface area contributed by atoms with Gasteiger partial charge in [0.2, 0.25) is 0 Å². The van der Waals surface area contributed by atoms with E-state index in [1.807, 2.05) is 6.07 Å². The molecule has 0 unspecified atom stereocenters. The van der Waals surface area contributed by atoms with E-state index in [2.05, 4.69) is 20.3 Å². The Morgan fingerprint density at radius 2 is 2.00 bits per heavy atom. The van der Waals surface area contributed by atoms with Crippen LogP contribution in [0.25, 0.3) is 22.6 Å². The zero-order valence-corrected chi connectivity index (χ0v) is 16.9. The highest BCUT2D eigenvalue weighted by atomic mass is 35.5. The largest absolute Gasteiger partial charge is 0.397 e. The number of imidazole rings is 1. The SMILES string of the molecule is N#Cc1[nH]c(-c2c(F)cccc2Cl)nc1-c1ccc(C(=O)Nc2cc(F)ccc2N)nc1. The van der Waals surface area contributed by atoms with E-state index in [1.54, 1.807) is 0 Å². The molecule has 1 amide bonds. The Balaban J connectivity index is 1.63. The number of halogens is 3. The van der Waals surface area contributed by atoms with Crippen LogP contribution >= 0.6 is 11.6 Å². The number of carbonyl (C=O) groups is 1. The van der Waals surface area contributed by atoms with Crippen molar-refractivity contribution in [1.82, 2.24) is 15.0 Å². The van der Waals surface area contributed by atoms with Gasteiger partial charge in [-0.1, -0.05) is 17.7 Å². The van der Waals surface area contributed by atoms with Crippen LogP contribution in [0.4, 0.5) is 20.2 Å². The number of hydrogen-bond donors (Lipinski definition) is 3. The molecule has 0 spiro atoms. The molecule has 2 aromatic heterocycles. The van der Waals surface area contributed by atoms with Gasteiger partial charge in [0, 0.05) is 11.8 Å². The van der Waals surface area contributed by atoms with E-state index in [-0.39, 0.29) is 44.9 Å². The fourth-order valence-corrected chi connectivity index (χ4v) is 3.25. The molecular formula is C22H13ClF2N6O. The van der Waals surface area contributed by atoms with Crippen molar-refractivity contribution >= 4 is 28.9 Å². The summed E-state index contributed by atoms with van der Waals surface area (Å²) in [5, 5.41) is 12.1. The second-order valence-electron chi connectivity index (χ2n) is 6.64. The lowest BCUT2D eigenvalue weighted by atomic mass is 10.1. The van der Waals surface area contributed by atoms with Crippen molar-refractivity contribution in [3.8, 4) is 28.7 Å². The number of nitriles is 1. The van der Waals surface area contributed by atoms with Crippen LogP contribution in [0.1, 0.15) is 16.2 Å². The number of pyridine rings is 1. The summed E-state index contributed by atoms with van der Waals surface area (Å²) in [7, 11) is 0. The molecule has 158 valence electrons. The van der Waals surface area contributed by atoms with Crippen LogP contribution in [0.2, 0.25) is 5.02 Å². The lowest BCUT2D eigenvalue weighted by Gasteiger charge is -2.08. The number of aromatic amines is 1. The summed E-state index contributed by atoms with van der Waals surface area (Å²) in [6.07, 6.45) is 1.34. The van der Waals surface area contributed by atoms with Gasteiger partial charge in [-0.05, 0) is 42.5 Å². The summed E-state index contributed by atoms with van der Waals surface area (Å²) >= 11 is 6.09. The molecule has 7 nitrogen and oxygen atoms in total. The van der Waals surface area contributed by atoms with E-state index in [1.165, 1.54) is 48.7 Å². The third-order valence-electron chi connectivity index (χ3n) is 4.55. The average Bonchev–Trinajstić information content (AvgIpc) is 3.20. The molecule has 0 aliphatic rings. The molecule has 0 saturated heterocycles. The molecule has 0 radical (unpaired) electrons. The van der Waals surface area contributed by atoms with E-state index in [0.29, 0.717) is 5.56 Å². The van der Waals surface area contributed by atoms with Crippen molar-refractivity contribution < 1.29 is 13.6 Å². The van der Waals surface area contributed by atoms with E-state index in [9.17, 15) is 18.8 Å². The van der Waals surface area contributed by atoms with Gasteiger partial charge in [-0.2, -0.15) is 5.26 Å². The Morgan fingerprint density at radius 1 is 1.19 bits per heavy atom. The highest BCUT2D eigenvalue weighted by Crippen LogP contribution is 2.31. The van der Waals surface area contributed by atoms with Crippen LogP contribution in [0.3, 0.4) is 0 Å². The van der Waals surface area contributed by atoms with Crippen molar-refractivity contribution in [2.75, 3.05) is 11.1 Å². The van der Waals surface area contributed by atoms with Gasteiger partial charge in [-0.25, -0.2) is 13.8 Å². The Bertz CT molecular complexity index is 1360. The van der Waals surface area contributed by atoms with Crippen molar-refractivity contribution in [1.29, 1.82) is 5.26 Å². The number of hydrogen-bond acceptors (Lipinski definition) is 5. The Morgan fingerprint density at radius 3 is 2.69 bits per heavy atom. The molecule has 4 N–H and O–H groups in total. The van der Waals surface area contributed by atoms with Gasteiger partial charge in [0.15, 0.2) is 0 Å². The monoisotopic (exact) mass is 450 g/mol. The molecule has 0 saturated carbocycles. The average molecular weight is 451 g/mol. The molecule has 0 fully saturated rings. The third-order valence-corrected chi connectivity index (χ3v) is 4.86. The zero-order chi connectivity index (χ0) is 22.8. The number of nitrogens with zero attached hydrogens (tertiary/aromatic N) is 3. The lowest BCUT2D eigenvalue weighted by Crippen LogP contribution is -2.14. The summed E-state index contributed by atoms with van der Waals surface area (Å²) in [4.78, 5) is 23.6. The molecule has 2 aromatic carbocycles. The van der Waals surface area contributed by atoms with Gasteiger partial charge in [0.1, 0.15) is 40.6 Å². The van der Waals surface area contributed by atoms with Gasteiger partial charge in [-0.15, -0.1) is 0 Å². The normalized spacial score (nSPS) is 10.6. The Labute approximate surface area is 185 Å². The molecule has 0 aliphatic heterocycles. The van der Waals surface area contributed by atoms with E-state index in [4.69, 9.17) is 17.3 Å². The minimum atomic E-state index is -0.602. The van der Waals surface area contributed by atoms with Crippen LogP contribution in [0.15, 0.2) is 54.7 Å². The van der Waals surface area contributed by atoms with Gasteiger partial charge in [0.25, 0.3) is 5.91 Å². The Hall–Kier alpha value is -4.29. The predicted octanol–water partition coefficient (Wildman–Crippen LogP) is 4.78. The quantitative estimate of drug-likeness (QED) is 0.386. The first kappa shape index (κ1) is 21.0. The van der Waals surface area contributed by atoms with Crippen molar-refractivity contribution in [2.45, 2.75) is 0 Å².